The van der Waals surface area contributed by atoms with E-state index < -0.39 is 0 Å². The molecule has 26 heavy (non-hydrogen) atoms. The minimum atomic E-state index is -0.0331. The number of nitrogens with zero attached hydrogens (tertiary/aromatic N) is 2. The van der Waals surface area contributed by atoms with Gasteiger partial charge in [-0.05, 0) is 0 Å². The van der Waals surface area contributed by atoms with Gasteiger partial charge in [-0.2, -0.15) is 0 Å². The minimum absolute atomic E-state index is 0.0331. The monoisotopic (exact) mass is 406 g/mol. The van der Waals surface area contributed by atoms with Crippen molar-refractivity contribution in [3.8, 4) is 0 Å². The summed E-state index contributed by atoms with van der Waals surface area (Å²) < 4.78 is 2.91. The maximum atomic E-state index is 4.85. The van der Waals surface area contributed by atoms with Gasteiger partial charge in [0.15, 0.2) is 0 Å². The summed E-state index contributed by atoms with van der Waals surface area (Å²) >= 11 is 0.328. The van der Waals surface area contributed by atoms with Crippen LogP contribution in [0.25, 0.3) is 0 Å². The summed E-state index contributed by atoms with van der Waals surface area (Å²) in [6.07, 6.45) is 1.92. The Bertz CT molecular complexity index is 1040. The number of para-hydroxylation sites is 1. The van der Waals surface area contributed by atoms with Crippen LogP contribution in [0.15, 0.2) is 54.7 Å². The van der Waals surface area contributed by atoms with E-state index in [0.29, 0.717) is 20.9 Å². The van der Waals surface area contributed by atoms with Gasteiger partial charge in [0, 0.05) is 0 Å². The first-order valence-corrected chi connectivity index (χ1v) is 10.9. The van der Waals surface area contributed by atoms with Crippen LogP contribution in [0, 0.1) is 0 Å². The van der Waals surface area contributed by atoms with Crippen molar-refractivity contribution in [2.45, 2.75) is 39.0 Å². The van der Waals surface area contributed by atoms with Gasteiger partial charge >= 0.3 is 161 Å². The van der Waals surface area contributed by atoms with Crippen LogP contribution in [-0.4, -0.2) is 19.9 Å². The van der Waals surface area contributed by atoms with Crippen molar-refractivity contribution in [3.05, 3.63) is 71.4 Å². The molecule has 2 nitrogen and oxygen atoms in total. The Balaban J connectivity index is 1.86. The van der Waals surface area contributed by atoms with E-state index in [1.165, 1.54) is 37.0 Å². The van der Waals surface area contributed by atoms with Crippen molar-refractivity contribution in [1.29, 1.82) is 0 Å². The number of fused-ring (bicyclic) bond motifs is 4. The molecule has 0 aliphatic carbocycles. The SMILES string of the molecule is CC(C)c1ccc2c(c1)N1c3ncccc3C(C)(C)c3cccc(c31)[Se]2. The quantitative estimate of drug-likeness (QED) is 0.440. The van der Waals surface area contributed by atoms with Gasteiger partial charge in [0.05, 0.1) is 0 Å². The van der Waals surface area contributed by atoms with Crippen LogP contribution < -0.4 is 13.8 Å². The average molecular weight is 405 g/mol. The average Bonchev–Trinajstić information content (AvgIpc) is 2.64. The van der Waals surface area contributed by atoms with Gasteiger partial charge in [-0.3, -0.25) is 0 Å². The summed E-state index contributed by atoms with van der Waals surface area (Å²) in [6.45, 7) is 9.18. The molecule has 2 aliphatic rings. The first-order valence-electron chi connectivity index (χ1n) is 9.19. The fourth-order valence-corrected chi connectivity index (χ4v) is 6.41. The third kappa shape index (κ3) is 2.08. The van der Waals surface area contributed by atoms with Crippen molar-refractivity contribution in [2.24, 2.45) is 0 Å². The van der Waals surface area contributed by atoms with Crippen LogP contribution in [0.5, 0.6) is 0 Å². The maximum absolute atomic E-state index is 4.85. The van der Waals surface area contributed by atoms with E-state index in [-0.39, 0.29) is 5.41 Å². The zero-order chi connectivity index (χ0) is 18.1. The number of hydrogen-bond donors (Lipinski definition) is 0. The van der Waals surface area contributed by atoms with Crippen LogP contribution in [-0.2, 0) is 5.41 Å². The molecule has 0 saturated carbocycles. The molecule has 3 aromatic rings. The Labute approximate surface area is 161 Å². The number of hydrogen-bond acceptors (Lipinski definition) is 2. The molecular weight excluding hydrogens is 383 g/mol. The van der Waals surface area contributed by atoms with Crippen molar-refractivity contribution >= 4 is 41.1 Å². The molecule has 0 atom stereocenters. The van der Waals surface area contributed by atoms with E-state index in [0.717, 1.165) is 5.82 Å². The predicted octanol–water partition coefficient (Wildman–Crippen LogP) is 4.28. The van der Waals surface area contributed by atoms with E-state index in [4.69, 9.17) is 4.98 Å². The molecule has 0 saturated heterocycles. The molecule has 3 heterocycles. The summed E-state index contributed by atoms with van der Waals surface area (Å²) in [4.78, 5) is 7.28. The molecule has 130 valence electrons. The first kappa shape index (κ1) is 16.1. The predicted molar refractivity (Wildman–Crippen MR) is 110 cm³/mol. The molecule has 0 fully saturated rings. The van der Waals surface area contributed by atoms with Crippen LogP contribution in [0.4, 0.5) is 17.2 Å². The van der Waals surface area contributed by atoms with Crippen LogP contribution >= 0.6 is 0 Å². The van der Waals surface area contributed by atoms with Gasteiger partial charge in [-0.25, -0.2) is 0 Å². The van der Waals surface area contributed by atoms with Crippen molar-refractivity contribution < 1.29 is 0 Å². The zero-order valence-corrected chi connectivity index (χ0v) is 17.3. The fraction of sp³-hybridized carbons (Fsp3) is 0.261. The van der Waals surface area contributed by atoms with E-state index in [1.807, 2.05) is 6.20 Å². The number of benzene rings is 2. The summed E-state index contributed by atoms with van der Waals surface area (Å²) in [6, 6.07) is 18.2. The molecule has 0 spiro atoms. The van der Waals surface area contributed by atoms with Crippen molar-refractivity contribution in [2.75, 3.05) is 4.90 Å². The van der Waals surface area contributed by atoms with Gasteiger partial charge < -0.3 is 0 Å². The molecule has 0 bridgehead atoms. The third-order valence-electron chi connectivity index (χ3n) is 5.68. The standard InChI is InChI=1S/C23H22N2Se/c1-14(2)15-10-11-19-18(13-15)25-21-16(7-5-9-20(21)26-19)23(3,4)17-8-6-12-24-22(17)25/h5-14H,1-4H3. The van der Waals surface area contributed by atoms with E-state index >= 15 is 0 Å². The van der Waals surface area contributed by atoms with Crippen LogP contribution in [0.1, 0.15) is 50.3 Å². The van der Waals surface area contributed by atoms with Crippen molar-refractivity contribution in [1.82, 2.24) is 4.98 Å². The molecule has 1 aromatic heterocycles. The molecule has 2 aromatic carbocycles. The van der Waals surface area contributed by atoms with Crippen LogP contribution in [0.2, 0.25) is 0 Å². The fourth-order valence-electron chi connectivity index (χ4n) is 4.16. The van der Waals surface area contributed by atoms with Gasteiger partial charge in [-0.15, -0.1) is 0 Å². The molecule has 3 heteroatoms. The summed E-state index contributed by atoms with van der Waals surface area (Å²) in [5, 5.41) is 0. The van der Waals surface area contributed by atoms with E-state index in [1.54, 1.807) is 0 Å². The van der Waals surface area contributed by atoms with Crippen molar-refractivity contribution in [3.63, 3.8) is 0 Å². The van der Waals surface area contributed by atoms with Gasteiger partial charge in [0.1, 0.15) is 0 Å². The Morgan fingerprint density at radius 2 is 1.77 bits per heavy atom. The summed E-state index contributed by atoms with van der Waals surface area (Å²) in [5.41, 5.74) is 6.78. The number of aromatic nitrogens is 1. The van der Waals surface area contributed by atoms with Crippen LogP contribution in [0.3, 0.4) is 0 Å². The second-order valence-electron chi connectivity index (χ2n) is 7.97. The molecule has 2 aliphatic heterocycles. The summed E-state index contributed by atoms with van der Waals surface area (Å²) in [5.74, 6) is 1.61. The molecule has 5 rings (SSSR count). The topological polar surface area (TPSA) is 16.1 Å². The van der Waals surface area contributed by atoms with E-state index in [9.17, 15) is 0 Å². The second-order valence-corrected chi connectivity index (χ2v) is 10.2. The number of anilines is 3. The number of pyridine rings is 1. The first-order chi connectivity index (χ1) is 12.5. The van der Waals surface area contributed by atoms with Gasteiger partial charge in [-0.1, -0.05) is 0 Å². The number of rotatable bonds is 1. The Hall–Kier alpha value is -2.09. The molecular formula is C23H22N2Se. The molecule has 0 amide bonds. The summed E-state index contributed by atoms with van der Waals surface area (Å²) in [7, 11) is 0. The van der Waals surface area contributed by atoms with Gasteiger partial charge in [0.2, 0.25) is 0 Å². The third-order valence-corrected chi connectivity index (χ3v) is 8.02. The molecule has 0 N–H and O–H groups in total. The van der Waals surface area contributed by atoms with E-state index in [2.05, 4.69) is 81.1 Å². The molecule has 0 radical (unpaired) electrons. The second kappa shape index (κ2) is 5.45. The molecule has 0 unspecified atom stereocenters. The Morgan fingerprint density at radius 3 is 2.58 bits per heavy atom. The Kier molecular flexibility index (Phi) is 3.38. The normalized spacial score (nSPS) is 16.1. The Morgan fingerprint density at radius 1 is 0.962 bits per heavy atom. The van der Waals surface area contributed by atoms with Gasteiger partial charge in [0.25, 0.3) is 0 Å². The zero-order valence-electron chi connectivity index (χ0n) is 15.6.